The van der Waals surface area contributed by atoms with E-state index in [9.17, 15) is 4.79 Å². The molecule has 0 aliphatic carbocycles. The van der Waals surface area contributed by atoms with Crippen LogP contribution in [0, 0.1) is 0 Å². The molecule has 0 aliphatic heterocycles. The molecule has 2 nitrogen and oxygen atoms in total. The Bertz CT molecular complexity index is 158. The Kier molecular flexibility index (Phi) is 8.10. The number of hydrogen-bond donors (Lipinski definition) is 1. The summed E-state index contributed by atoms with van der Waals surface area (Å²) >= 11 is 0. The molecule has 0 heterocycles. The molecule has 0 aromatic carbocycles. The van der Waals surface area contributed by atoms with E-state index < -0.39 is 5.97 Å². The van der Waals surface area contributed by atoms with E-state index in [1.54, 1.807) is 13.8 Å². The van der Waals surface area contributed by atoms with Gasteiger partial charge >= 0.3 is 5.97 Å². The first-order valence-corrected chi connectivity index (χ1v) is 3.36. The molecule has 0 rings (SSSR count). The summed E-state index contributed by atoms with van der Waals surface area (Å²) in [6, 6.07) is 0. The third kappa shape index (κ3) is 49.7. The lowest BCUT2D eigenvalue weighted by molar-refractivity contribution is -0.131. The number of carbonyl (C=O) groups is 1. The molecule has 0 saturated heterocycles. The van der Waals surface area contributed by atoms with Gasteiger partial charge in [0.2, 0.25) is 0 Å². The summed E-state index contributed by atoms with van der Waals surface area (Å²) in [5.41, 5.74) is 1.98. The number of aliphatic carboxylic acids is 1. The summed E-state index contributed by atoms with van der Waals surface area (Å²) in [6.45, 7) is 11.0. The minimum atomic E-state index is -0.875. The van der Waals surface area contributed by atoms with Crippen LogP contribution in [0.4, 0.5) is 0 Å². The van der Waals surface area contributed by atoms with E-state index in [1.807, 2.05) is 13.8 Å². The Hall–Kier alpha value is -1.05. The zero-order valence-corrected chi connectivity index (χ0v) is 7.64. The first-order valence-electron chi connectivity index (χ1n) is 3.36. The van der Waals surface area contributed by atoms with Crippen LogP contribution in [0.25, 0.3) is 0 Å². The molecule has 0 bridgehead atoms. The SMILES string of the molecule is C=C(C)C.CC(C)=CC(=O)O. The Morgan fingerprint density at radius 1 is 1.27 bits per heavy atom. The van der Waals surface area contributed by atoms with Crippen molar-refractivity contribution in [1.29, 1.82) is 0 Å². The molecule has 0 unspecified atom stereocenters. The minimum absolute atomic E-state index is 0.813. The summed E-state index contributed by atoms with van der Waals surface area (Å²) in [6.07, 6.45) is 1.17. The van der Waals surface area contributed by atoms with Crippen LogP contribution in [0.2, 0.25) is 0 Å². The largest absolute Gasteiger partial charge is 0.478 e. The Balaban J connectivity index is 0. The third-order valence-electron chi connectivity index (χ3n) is 0.412. The van der Waals surface area contributed by atoms with Crippen LogP contribution in [-0.2, 0) is 4.79 Å². The summed E-state index contributed by atoms with van der Waals surface area (Å²) in [5.74, 6) is -0.875. The van der Waals surface area contributed by atoms with Gasteiger partial charge in [-0.05, 0) is 27.7 Å². The molecule has 0 spiro atoms. The van der Waals surface area contributed by atoms with Gasteiger partial charge in [0.1, 0.15) is 0 Å². The third-order valence-corrected chi connectivity index (χ3v) is 0.412. The maximum atomic E-state index is 9.73. The summed E-state index contributed by atoms with van der Waals surface area (Å²) in [4.78, 5) is 9.73. The molecule has 2 heteroatoms. The maximum absolute atomic E-state index is 9.73. The fourth-order valence-electron chi connectivity index (χ4n) is 0.247. The Morgan fingerprint density at radius 2 is 1.55 bits per heavy atom. The first-order chi connectivity index (χ1) is 4.86. The van der Waals surface area contributed by atoms with Gasteiger partial charge in [0.25, 0.3) is 0 Å². The van der Waals surface area contributed by atoms with Gasteiger partial charge < -0.3 is 5.11 Å². The Labute approximate surface area is 68.2 Å². The van der Waals surface area contributed by atoms with E-state index in [0.29, 0.717) is 0 Å². The van der Waals surface area contributed by atoms with E-state index >= 15 is 0 Å². The number of carboxylic acids is 1. The van der Waals surface area contributed by atoms with E-state index in [1.165, 1.54) is 11.6 Å². The lowest BCUT2D eigenvalue weighted by Crippen LogP contribution is -1.86. The molecule has 64 valence electrons. The van der Waals surface area contributed by atoms with Crippen molar-refractivity contribution in [2.24, 2.45) is 0 Å². The van der Waals surface area contributed by atoms with Gasteiger partial charge in [-0.3, -0.25) is 0 Å². The fourth-order valence-corrected chi connectivity index (χ4v) is 0.247. The number of rotatable bonds is 1. The van der Waals surface area contributed by atoms with Crippen LogP contribution < -0.4 is 0 Å². The van der Waals surface area contributed by atoms with Gasteiger partial charge in [-0.1, -0.05) is 11.1 Å². The number of carboxylic acid groups (broad SMARTS) is 1. The van der Waals surface area contributed by atoms with Crippen LogP contribution >= 0.6 is 0 Å². The molecular formula is C9H16O2. The van der Waals surface area contributed by atoms with Crippen LogP contribution in [0.15, 0.2) is 23.8 Å². The van der Waals surface area contributed by atoms with Gasteiger partial charge in [0.15, 0.2) is 0 Å². The molecule has 1 N–H and O–H groups in total. The molecule has 0 amide bonds. The standard InChI is InChI=1S/C5H8O2.C4H8/c1-4(2)3-5(6)7;1-4(2)3/h3H,1-2H3,(H,6,7);1H2,2-3H3. The highest BCUT2D eigenvalue weighted by molar-refractivity contribution is 5.80. The van der Waals surface area contributed by atoms with Crippen LogP contribution in [0.1, 0.15) is 27.7 Å². The average Bonchev–Trinajstić information content (AvgIpc) is 1.56. The van der Waals surface area contributed by atoms with Crippen molar-refractivity contribution >= 4 is 5.97 Å². The zero-order valence-electron chi connectivity index (χ0n) is 7.64. The second kappa shape index (κ2) is 7.06. The molecule has 0 radical (unpaired) electrons. The molecule has 11 heavy (non-hydrogen) atoms. The quantitative estimate of drug-likeness (QED) is 0.468. The van der Waals surface area contributed by atoms with Gasteiger partial charge in [-0.25, -0.2) is 4.79 Å². The van der Waals surface area contributed by atoms with Crippen molar-refractivity contribution < 1.29 is 9.90 Å². The van der Waals surface area contributed by atoms with Crippen molar-refractivity contribution in [1.82, 2.24) is 0 Å². The molecule has 0 atom stereocenters. The molecule has 0 aromatic heterocycles. The van der Waals surface area contributed by atoms with Crippen molar-refractivity contribution in [3.63, 3.8) is 0 Å². The predicted octanol–water partition coefficient (Wildman–Crippen LogP) is 2.62. The highest BCUT2D eigenvalue weighted by Crippen LogP contribution is 1.85. The van der Waals surface area contributed by atoms with Crippen LogP contribution in [0.5, 0.6) is 0 Å². The fraction of sp³-hybridized carbons (Fsp3) is 0.444. The lowest BCUT2D eigenvalue weighted by Gasteiger charge is -1.79. The molecule has 0 fully saturated rings. The molecule has 0 aliphatic rings. The van der Waals surface area contributed by atoms with E-state index in [0.717, 1.165) is 5.57 Å². The molecule has 0 saturated carbocycles. The topological polar surface area (TPSA) is 37.3 Å². The molecular weight excluding hydrogens is 140 g/mol. The van der Waals surface area contributed by atoms with Crippen molar-refractivity contribution in [3.05, 3.63) is 23.8 Å². The van der Waals surface area contributed by atoms with Crippen LogP contribution in [0.3, 0.4) is 0 Å². The second-order valence-electron chi connectivity index (χ2n) is 2.77. The summed E-state index contributed by atoms with van der Waals surface area (Å²) in [5, 5.41) is 8.01. The van der Waals surface area contributed by atoms with E-state index in [4.69, 9.17) is 5.11 Å². The molecule has 0 aromatic rings. The predicted molar refractivity (Wildman–Crippen MR) is 47.6 cm³/mol. The normalized spacial score (nSPS) is 7.27. The first kappa shape index (κ1) is 12.6. The summed E-state index contributed by atoms with van der Waals surface area (Å²) in [7, 11) is 0. The monoisotopic (exact) mass is 156 g/mol. The lowest BCUT2D eigenvalue weighted by atomic mass is 10.3. The average molecular weight is 156 g/mol. The minimum Gasteiger partial charge on any atom is -0.478 e. The number of allylic oxidation sites excluding steroid dienone is 2. The summed E-state index contributed by atoms with van der Waals surface area (Å²) < 4.78 is 0. The highest BCUT2D eigenvalue weighted by atomic mass is 16.4. The van der Waals surface area contributed by atoms with Crippen molar-refractivity contribution in [2.45, 2.75) is 27.7 Å². The van der Waals surface area contributed by atoms with Gasteiger partial charge in [-0.15, -0.1) is 6.58 Å². The van der Waals surface area contributed by atoms with Crippen molar-refractivity contribution in [3.8, 4) is 0 Å². The number of hydrogen-bond acceptors (Lipinski definition) is 1. The van der Waals surface area contributed by atoms with E-state index in [-0.39, 0.29) is 0 Å². The van der Waals surface area contributed by atoms with Gasteiger partial charge in [-0.2, -0.15) is 0 Å². The maximum Gasteiger partial charge on any atom is 0.328 e. The Morgan fingerprint density at radius 3 is 1.55 bits per heavy atom. The van der Waals surface area contributed by atoms with E-state index in [2.05, 4.69) is 6.58 Å². The van der Waals surface area contributed by atoms with Crippen LogP contribution in [-0.4, -0.2) is 11.1 Å². The van der Waals surface area contributed by atoms with Gasteiger partial charge in [0, 0.05) is 6.08 Å². The smallest absolute Gasteiger partial charge is 0.328 e. The second-order valence-corrected chi connectivity index (χ2v) is 2.77. The highest BCUT2D eigenvalue weighted by Gasteiger charge is 1.83. The van der Waals surface area contributed by atoms with Crippen molar-refractivity contribution in [2.75, 3.05) is 0 Å². The van der Waals surface area contributed by atoms with Gasteiger partial charge in [0.05, 0.1) is 0 Å². The zero-order chi connectivity index (χ0) is 9.44.